The molecule has 0 aliphatic carbocycles. The fourth-order valence-electron chi connectivity index (χ4n) is 2.69. The lowest BCUT2D eigenvalue weighted by molar-refractivity contribution is -0.238. The second kappa shape index (κ2) is 10.6. The van der Waals surface area contributed by atoms with Crippen molar-refractivity contribution in [2.24, 2.45) is 5.41 Å². The molecule has 0 radical (unpaired) electrons. The minimum atomic E-state index is -1.96. The van der Waals surface area contributed by atoms with Gasteiger partial charge in [0.2, 0.25) is 5.41 Å². The number of carboxylic acids is 2. The molecule has 6 nitrogen and oxygen atoms in total. The van der Waals surface area contributed by atoms with E-state index < -0.39 is 23.6 Å². The van der Waals surface area contributed by atoms with E-state index in [1.54, 1.807) is 0 Å². The third-order valence-electron chi connectivity index (χ3n) is 4.39. The minimum Gasteiger partial charge on any atom is -0.480 e. The van der Waals surface area contributed by atoms with Crippen molar-refractivity contribution in [2.45, 2.75) is 77.4 Å². The zero-order chi connectivity index (χ0) is 17.1. The fourth-order valence-corrected chi connectivity index (χ4v) is 2.69. The Bertz CT molecular complexity index is 344. The van der Waals surface area contributed by atoms with E-state index in [1.807, 2.05) is 0 Å². The Balaban J connectivity index is 2.08. The second-order valence-corrected chi connectivity index (χ2v) is 6.36. The van der Waals surface area contributed by atoms with Crippen LogP contribution in [0, 0.1) is 5.41 Å². The molecule has 6 heteroatoms. The van der Waals surface area contributed by atoms with Crippen LogP contribution in [0.2, 0.25) is 0 Å². The van der Waals surface area contributed by atoms with E-state index >= 15 is 0 Å². The lowest BCUT2D eigenvalue weighted by Crippen LogP contribution is -2.52. The smallest absolute Gasteiger partial charge is 0.325 e. The molecule has 0 saturated carbocycles. The third kappa shape index (κ3) is 6.47. The van der Waals surface area contributed by atoms with E-state index in [1.165, 1.54) is 44.9 Å². The summed E-state index contributed by atoms with van der Waals surface area (Å²) in [4.78, 5) is 22.2. The number of rotatable bonds is 12. The van der Waals surface area contributed by atoms with Gasteiger partial charge in [0.05, 0.1) is 13.2 Å². The van der Waals surface area contributed by atoms with Gasteiger partial charge in [0, 0.05) is 0 Å². The fraction of sp³-hybridized carbons (Fsp3) is 0.882. The van der Waals surface area contributed by atoms with Gasteiger partial charge in [-0.25, -0.2) is 0 Å². The van der Waals surface area contributed by atoms with E-state index in [4.69, 9.17) is 19.7 Å². The Kier molecular flexibility index (Phi) is 9.17. The van der Waals surface area contributed by atoms with Crippen molar-refractivity contribution < 1.29 is 29.3 Å². The predicted molar refractivity (Wildman–Crippen MR) is 85.2 cm³/mol. The first-order chi connectivity index (χ1) is 11.0. The van der Waals surface area contributed by atoms with Crippen LogP contribution < -0.4 is 0 Å². The molecule has 0 spiro atoms. The molecule has 0 aromatic heterocycles. The van der Waals surface area contributed by atoms with Gasteiger partial charge in [0.25, 0.3) is 0 Å². The largest absolute Gasteiger partial charge is 0.480 e. The van der Waals surface area contributed by atoms with E-state index in [0.29, 0.717) is 6.42 Å². The van der Waals surface area contributed by atoms with Gasteiger partial charge in [-0.3, -0.25) is 9.59 Å². The van der Waals surface area contributed by atoms with Crippen molar-refractivity contribution in [3.8, 4) is 0 Å². The van der Waals surface area contributed by atoms with Crippen LogP contribution in [-0.4, -0.2) is 41.7 Å². The van der Waals surface area contributed by atoms with Crippen molar-refractivity contribution in [1.29, 1.82) is 0 Å². The summed E-state index contributed by atoms with van der Waals surface area (Å²) in [7, 11) is 0. The average molecular weight is 330 g/mol. The molecule has 1 aliphatic heterocycles. The van der Waals surface area contributed by atoms with E-state index in [-0.39, 0.29) is 13.2 Å². The van der Waals surface area contributed by atoms with E-state index in [2.05, 4.69) is 6.92 Å². The molecule has 23 heavy (non-hydrogen) atoms. The Labute approximate surface area is 138 Å². The van der Waals surface area contributed by atoms with Crippen molar-refractivity contribution in [3.63, 3.8) is 0 Å². The molecular formula is C17H30O6. The quantitative estimate of drug-likeness (QED) is 0.420. The maximum Gasteiger partial charge on any atom is 0.325 e. The maximum atomic E-state index is 11.1. The normalized spacial score (nSPS) is 18.0. The van der Waals surface area contributed by atoms with Gasteiger partial charge in [-0.05, 0) is 12.8 Å². The summed E-state index contributed by atoms with van der Waals surface area (Å²) in [5, 5.41) is 18.1. The monoisotopic (exact) mass is 330 g/mol. The summed E-state index contributed by atoms with van der Waals surface area (Å²) in [6.45, 7) is 1.55. The summed E-state index contributed by atoms with van der Waals surface area (Å²) in [6.07, 6.45) is 11.2. The lowest BCUT2D eigenvalue weighted by atomic mass is 9.89. The number of ether oxygens (including phenoxy) is 2. The maximum absolute atomic E-state index is 11.1. The number of carboxylic acid groups (broad SMARTS) is 2. The second-order valence-electron chi connectivity index (χ2n) is 6.36. The standard InChI is InChI=1S/C17H30O6/c1-2-3-4-5-6-7-8-9-10-11-14-22-12-17(13-23-14,15(18)19)16(20)21/h14H,2-13H2,1H3,(H,18,19)(H,20,21). The highest BCUT2D eigenvalue weighted by Crippen LogP contribution is 2.27. The number of hydrogen-bond acceptors (Lipinski definition) is 4. The van der Waals surface area contributed by atoms with Crippen LogP contribution in [0.4, 0.5) is 0 Å². The predicted octanol–water partition coefficient (Wildman–Crippen LogP) is 3.44. The molecule has 0 aromatic carbocycles. The molecule has 0 amide bonds. The van der Waals surface area contributed by atoms with Gasteiger partial charge in [-0.2, -0.15) is 0 Å². The van der Waals surface area contributed by atoms with Crippen LogP contribution in [0.3, 0.4) is 0 Å². The molecule has 0 atom stereocenters. The van der Waals surface area contributed by atoms with Gasteiger partial charge in [-0.1, -0.05) is 58.3 Å². The molecule has 1 aliphatic rings. The summed E-state index contributed by atoms with van der Waals surface area (Å²) < 4.78 is 10.6. The van der Waals surface area contributed by atoms with Crippen LogP contribution in [0.5, 0.6) is 0 Å². The van der Waals surface area contributed by atoms with Gasteiger partial charge < -0.3 is 19.7 Å². The highest BCUT2D eigenvalue weighted by molar-refractivity contribution is 5.98. The molecule has 1 rings (SSSR count). The van der Waals surface area contributed by atoms with Gasteiger partial charge >= 0.3 is 11.9 Å². The highest BCUT2D eigenvalue weighted by atomic mass is 16.7. The number of unbranched alkanes of at least 4 members (excludes halogenated alkanes) is 8. The van der Waals surface area contributed by atoms with Crippen LogP contribution in [-0.2, 0) is 19.1 Å². The molecule has 1 heterocycles. The third-order valence-corrected chi connectivity index (χ3v) is 4.39. The lowest BCUT2D eigenvalue weighted by Gasteiger charge is -2.33. The van der Waals surface area contributed by atoms with Crippen molar-refractivity contribution in [2.75, 3.05) is 13.2 Å². The SMILES string of the molecule is CCCCCCCCCCCC1OCC(C(=O)O)(C(=O)O)CO1. The van der Waals surface area contributed by atoms with Gasteiger partial charge in [-0.15, -0.1) is 0 Å². The average Bonchev–Trinajstić information content (AvgIpc) is 2.53. The van der Waals surface area contributed by atoms with Crippen molar-refractivity contribution in [1.82, 2.24) is 0 Å². The summed E-state index contributed by atoms with van der Waals surface area (Å²) >= 11 is 0. The molecule has 0 unspecified atom stereocenters. The number of hydrogen-bond donors (Lipinski definition) is 2. The molecule has 1 saturated heterocycles. The Morgan fingerprint density at radius 1 is 0.870 bits per heavy atom. The number of carbonyl (C=O) groups is 2. The van der Waals surface area contributed by atoms with Crippen LogP contribution in [0.1, 0.15) is 71.1 Å². The molecule has 1 fully saturated rings. The topological polar surface area (TPSA) is 93.1 Å². The molecule has 2 N–H and O–H groups in total. The Morgan fingerprint density at radius 3 is 1.74 bits per heavy atom. The molecule has 0 bridgehead atoms. The van der Waals surface area contributed by atoms with E-state index in [0.717, 1.165) is 12.8 Å². The molecule has 134 valence electrons. The molecular weight excluding hydrogens is 300 g/mol. The zero-order valence-electron chi connectivity index (χ0n) is 14.1. The zero-order valence-corrected chi connectivity index (χ0v) is 14.1. The first-order valence-electron chi connectivity index (χ1n) is 8.73. The first-order valence-corrected chi connectivity index (χ1v) is 8.73. The Hall–Kier alpha value is -1.14. The summed E-state index contributed by atoms with van der Waals surface area (Å²) in [5.41, 5.74) is -1.96. The number of aliphatic carboxylic acids is 2. The molecule has 0 aromatic rings. The first kappa shape index (κ1) is 19.9. The van der Waals surface area contributed by atoms with Crippen LogP contribution in [0.25, 0.3) is 0 Å². The van der Waals surface area contributed by atoms with Crippen LogP contribution >= 0.6 is 0 Å². The highest BCUT2D eigenvalue weighted by Gasteiger charge is 2.51. The van der Waals surface area contributed by atoms with Crippen molar-refractivity contribution >= 4 is 11.9 Å². The van der Waals surface area contributed by atoms with Crippen LogP contribution in [0.15, 0.2) is 0 Å². The van der Waals surface area contributed by atoms with Crippen molar-refractivity contribution in [3.05, 3.63) is 0 Å². The van der Waals surface area contributed by atoms with Gasteiger partial charge in [0.1, 0.15) is 0 Å². The minimum absolute atomic E-state index is 0.334. The summed E-state index contributed by atoms with van der Waals surface area (Å²) in [5.74, 6) is -2.82. The van der Waals surface area contributed by atoms with Gasteiger partial charge in [0.15, 0.2) is 6.29 Å². The summed E-state index contributed by atoms with van der Waals surface area (Å²) in [6, 6.07) is 0. The Morgan fingerprint density at radius 2 is 1.30 bits per heavy atom. The van der Waals surface area contributed by atoms with E-state index in [9.17, 15) is 9.59 Å².